The molecular formula is C13H10Cl2N2O. The maximum absolute atomic E-state index is 12.0. The van der Waals surface area contributed by atoms with Gasteiger partial charge in [0.1, 0.15) is 0 Å². The van der Waals surface area contributed by atoms with Crippen LogP contribution in [0.15, 0.2) is 42.5 Å². The maximum Gasteiger partial charge on any atom is 0.257 e. The largest absolute Gasteiger partial charge is 0.399 e. The molecule has 0 fully saturated rings. The van der Waals surface area contributed by atoms with Gasteiger partial charge in [0.05, 0.1) is 21.3 Å². The van der Waals surface area contributed by atoms with Gasteiger partial charge < -0.3 is 11.1 Å². The molecule has 0 saturated heterocycles. The molecule has 0 aliphatic heterocycles. The van der Waals surface area contributed by atoms with Crippen molar-refractivity contribution in [3.63, 3.8) is 0 Å². The number of para-hydroxylation sites is 1. The van der Waals surface area contributed by atoms with Crippen LogP contribution in [0.4, 0.5) is 11.4 Å². The molecule has 0 aliphatic rings. The van der Waals surface area contributed by atoms with E-state index >= 15 is 0 Å². The van der Waals surface area contributed by atoms with Crippen molar-refractivity contribution in [2.75, 3.05) is 11.1 Å². The Morgan fingerprint density at radius 3 is 2.44 bits per heavy atom. The first kappa shape index (κ1) is 12.7. The van der Waals surface area contributed by atoms with E-state index in [9.17, 15) is 4.79 Å². The first-order valence-electron chi connectivity index (χ1n) is 5.19. The highest BCUT2D eigenvalue weighted by atomic mass is 35.5. The standard InChI is InChI=1S/C13H10Cl2N2O/c14-10-3-1-2-4-12(10)17-13(18)9-6-5-8(16)7-11(9)15/h1-7H,16H2,(H,17,18). The number of amides is 1. The summed E-state index contributed by atoms with van der Waals surface area (Å²) in [4.78, 5) is 12.0. The summed E-state index contributed by atoms with van der Waals surface area (Å²) < 4.78 is 0. The summed E-state index contributed by atoms with van der Waals surface area (Å²) in [5, 5.41) is 3.47. The second-order valence-electron chi connectivity index (χ2n) is 3.67. The second-order valence-corrected chi connectivity index (χ2v) is 4.49. The molecule has 3 nitrogen and oxygen atoms in total. The molecule has 0 atom stereocenters. The van der Waals surface area contributed by atoms with Crippen LogP contribution in [-0.4, -0.2) is 5.91 Å². The molecule has 0 aliphatic carbocycles. The normalized spacial score (nSPS) is 10.1. The van der Waals surface area contributed by atoms with E-state index in [2.05, 4.69) is 5.32 Å². The van der Waals surface area contributed by atoms with E-state index in [0.717, 1.165) is 0 Å². The van der Waals surface area contributed by atoms with Crippen LogP contribution in [0.1, 0.15) is 10.4 Å². The lowest BCUT2D eigenvalue weighted by Gasteiger charge is -2.08. The molecule has 0 bridgehead atoms. The van der Waals surface area contributed by atoms with Gasteiger partial charge in [-0.3, -0.25) is 4.79 Å². The van der Waals surface area contributed by atoms with Crippen molar-refractivity contribution in [2.45, 2.75) is 0 Å². The van der Waals surface area contributed by atoms with Crippen LogP contribution in [0.25, 0.3) is 0 Å². The number of hydrogen-bond acceptors (Lipinski definition) is 2. The molecule has 0 heterocycles. The molecule has 92 valence electrons. The van der Waals surface area contributed by atoms with E-state index in [1.54, 1.807) is 36.4 Å². The van der Waals surface area contributed by atoms with Gasteiger partial charge in [-0.1, -0.05) is 35.3 Å². The number of carbonyl (C=O) groups is 1. The lowest BCUT2D eigenvalue weighted by atomic mass is 10.2. The minimum absolute atomic E-state index is 0.305. The van der Waals surface area contributed by atoms with E-state index in [1.807, 2.05) is 0 Å². The van der Waals surface area contributed by atoms with Crippen LogP contribution in [0.2, 0.25) is 10.0 Å². The topological polar surface area (TPSA) is 55.1 Å². The fourth-order valence-electron chi connectivity index (χ4n) is 1.47. The molecule has 0 saturated carbocycles. The number of carbonyl (C=O) groups excluding carboxylic acids is 1. The number of halogens is 2. The van der Waals surface area contributed by atoms with E-state index in [0.29, 0.717) is 27.0 Å². The summed E-state index contributed by atoms with van der Waals surface area (Å²) in [5.41, 5.74) is 6.97. The highest BCUT2D eigenvalue weighted by Crippen LogP contribution is 2.24. The molecule has 2 aromatic carbocycles. The number of anilines is 2. The van der Waals surface area contributed by atoms with Gasteiger partial charge in [-0.05, 0) is 30.3 Å². The Morgan fingerprint density at radius 1 is 1.06 bits per heavy atom. The summed E-state index contributed by atoms with van der Waals surface area (Å²) in [5.74, 6) is -0.326. The van der Waals surface area contributed by atoms with Gasteiger partial charge in [-0.25, -0.2) is 0 Å². The van der Waals surface area contributed by atoms with Crippen molar-refractivity contribution < 1.29 is 4.79 Å². The van der Waals surface area contributed by atoms with Crippen LogP contribution in [-0.2, 0) is 0 Å². The van der Waals surface area contributed by atoms with E-state index in [4.69, 9.17) is 28.9 Å². The Bertz CT molecular complexity index is 599. The van der Waals surface area contributed by atoms with Crippen LogP contribution >= 0.6 is 23.2 Å². The SMILES string of the molecule is Nc1ccc(C(=O)Nc2ccccc2Cl)c(Cl)c1. The smallest absolute Gasteiger partial charge is 0.257 e. The number of nitrogen functional groups attached to an aromatic ring is 1. The summed E-state index contributed by atoms with van der Waals surface area (Å²) in [6.45, 7) is 0. The number of benzene rings is 2. The zero-order valence-electron chi connectivity index (χ0n) is 9.28. The lowest BCUT2D eigenvalue weighted by molar-refractivity contribution is 0.102. The molecule has 5 heteroatoms. The van der Waals surface area contributed by atoms with Gasteiger partial charge in [0, 0.05) is 5.69 Å². The number of nitrogens with two attached hydrogens (primary N) is 1. The molecular weight excluding hydrogens is 271 g/mol. The lowest BCUT2D eigenvalue weighted by Crippen LogP contribution is -2.12. The molecule has 0 radical (unpaired) electrons. The Kier molecular flexibility index (Phi) is 3.75. The molecule has 18 heavy (non-hydrogen) atoms. The number of rotatable bonds is 2. The van der Waals surface area contributed by atoms with Gasteiger partial charge in [0.2, 0.25) is 0 Å². The summed E-state index contributed by atoms with van der Waals surface area (Å²) >= 11 is 11.9. The third kappa shape index (κ3) is 2.75. The molecule has 2 aromatic rings. The third-order valence-corrected chi connectivity index (χ3v) is 3.00. The Morgan fingerprint density at radius 2 is 1.78 bits per heavy atom. The van der Waals surface area contributed by atoms with Crippen molar-refractivity contribution in [3.8, 4) is 0 Å². The first-order valence-corrected chi connectivity index (χ1v) is 5.94. The van der Waals surface area contributed by atoms with Gasteiger partial charge in [0.25, 0.3) is 5.91 Å². The third-order valence-electron chi connectivity index (χ3n) is 2.36. The van der Waals surface area contributed by atoms with Gasteiger partial charge in [0.15, 0.2) is 0 Å². The maximum atomic E-state index is 12.0. The molecule has 2 rings (SSSR count). The van der Waals surface area contributed by atoms with E-state index in [-0.39, 0.29) is 5.91 Å². The number of nitrogens with one attached hydrogen (secondary N) is 1. The van der Waals surface area contributed by atoms with Crippen molar-refractivity contribution in [1.82, 2.24) is 0 Å². The van der Waals surface area contributed by atoms with Crippen LogP contribution in [0, 0.1) is 0 Å². The highest BCUT2D eigenvalue weighted by molar-refractivity contribution is 6.36. The summed E-state index contributed by atoms with van der Waals surface area (Å²) in [7, 11) is 0. The fraction of sp³-hybridized carbons (Fsp3) is 0. The predicted octanol–water partition coefficient (Wildman–Crippen LogP) is 3.83. The average Bonchev–Trinajstić information content (AvgIpc) is 2.32. The van der Waals surface area contributed by atoms with Gasteiger partial charge in [-0.15, -0.1) is 0 Å². The molecule has 1 amide bonds. The van der Waals surface area contributed by atoms with Gasteiger partial charge in [-0.2, -0.15) is 0 Å². The first-order chi connectivity index (χ1) is 8.58. The summed E-state index contributed by atoms with van der Waals surface area (Å²) in [6, 6.07) is 11.7. The monoisotopic (exact) mass is 280 g/mol. The predicted molar refractivity (Wildman–Crippen MR) is 75.3 cm³/mol. The fourth-order valence-corrected chi connectivity index (χ4v) is 1.93. The van der Waals surface area contributed by atoms with Gasteiger partial charge >= 0.3 is 0 Å². The van der Waals surface area contributed by atoms with E-state index in [1.165, 1.54) is 6.07 Å². The van der Waals surface area contributed by atoms with Crippen molar-refractivity contribution in [2.24, 2.45) is 0 Å². The van der Waals surface area contributed by atoms with Crippen molar-refractivity contribution >= 4 is 40.5 Å². The summed E-state index contributed by atoms with van der Waals surface area (Å²) in [6.07, 6.45) is 0. The zero-order chi connectivity index (χ0) is 13.1. The Labute approximate surface area is 115 Å². The average molecular weight is 281 g/mol. The molecule has 0 spiro atoms. The minimum Gasteiger partial charge on any atom is -0.399 e. The van der Waals surface area contributed by atoms with Crippen LogP contribution in [0.5, 0.6) is 0 Å². The highest BCUT2D eigenvalue weighted by Gasteiger charge is 2.11. The minimum atomic E-state index is -0.326. The van der Waals surface area contributed by atoms with Crippen molar-refractivity contribution in [1.29, 1.82) is 0 Å². The number of hydrogen-bond donors (Lipinski definition) is 2. The van der Waals surface area contributed by atoms with Crippen molar-refractivity contribution in [3.05, 3.63) is 58.1 Å². The second kappa shape index (κ2) is 5.29. The molecule has 3 N–H and O–H groups in total. The van der Waals surface area contributed by atoms with Crippen LogP contribution < -0.4 is 11.1 Å². The molecule has 0 aromatic heterocycles. The van der Waals surface area contributed by atoms with Crippen LogP contribution in [0.3, 0.4) is 0 Å². The zero-order valence-corrected chi connectivity index (χ0v) is 10.8. The molecule has 0 unspecified atom stereocenters. The Hall–Kier alpha value is -1.71. The van der Waals surface area contributed by atoms with E-state index < -0.39 is 0 Å². The quantitative estimate of drug-likeness (QED) is 0.822. The Balaban J connectivity index is 2.25.